The molecule has 2 N–H and O–H groups in total. The molecule has 190 valence electrons. The van der Waals surface area contributed by atoms with Crippen LogP contribution in [0.5, 0.6) is 5.75 Å². The second-order valence-electron chi connectivity index (χ2n) is 11.1. The number of phenols is 1. The Morgan fingerprint density at radius 1 is 1.12 bits per heavy atom. The third-order valence-electron chi connectivity index (χ3n) is 7.99. The number of alkyl halides is 3. The van der Waals surface area contributed by atoms with Crippen LogP contribution in [0.1, 0.15) is 82.6 Å². The van der Waals surface area contributed by atoms with Gasteiger partial charge in [-0.05, 0) is 101 Å². The van der Waals surface area contributed by atoms with E-state index in [2.05, 4.69) is 67.7 Å². The number of carbonyl (C=O) groups excluding carboxylic acids is 1. The van der Waals surface area contributed by atoms with Gasteiger partial charge in [0.05, 0.1) is 15.5 Å². The van der Waals surface area contributed by atoms with E-state index in [9.17, 15) is 15.0 Å². The highest BCUT2D eigenvalue weighted by molar-refractivity contribution is 9.10. The van der Waals surface area contributed by atoms with Crippen LogP contribution in [0.15, 0.2) is 29.8 Å². The number of benzene rings is 1. The first kappa shape index (κ1) is 28.2. The Balaban J connectivity index is 2.07. The predicted octanol–water partition coefficient (Wildman–Crippen LogP) is 7.46. The quantitative estimate of drug-likeness (QED) is 0.186. The number of phenolic OH excluding ortho intramolecular Hbond substituents is 1. The fraction of sp³-hybridized carbons (Fsp3) is 0.667. The summed E-state index contributed by atoms with van der Waals surface area (Å²) in [6.45, 7) is 10.3. The van der Waals surface area contributed by atoms with Gasteiger partial charge >= 0.3 is 5.97 Å². The molecule has 34 heavy (non-hydrogen) atoms. The van der Waals surface area contributed by atoms with Gasteiger partial charge in [0, 0.05) is 9.65 Å². The van der Waals surface area contributed by atoms with Crippen molar-refractivity contribution in [2.45, 2.75) is 98.8 Å². The molecule has 4 nitrogen and oxygen atoms in total. The SMILES string of the molecule is CC1=CCC(Br)[C@@]2(C)CC[C@@H](Br)[C@@](C)(O)CC[C@@H](C(C)(C)Br)OC(=O)c3ccc(O)c(c3)C[C@H]12. The molecular weight excluding hydrogens is 628 g/mol. The topological polar surface area (TPSA) is 66.8 Å². The highest BCUT2D eigenvalue weighted by Gasteiger charge is 2.45. The molecule has 0 saturated heterocycles. The van der Waals surface area contributed by atoms with E-state index >= 15 is 0 Å². The normalized spacial score (nSPS) is 35.9. The number of aromatic hydroxyl groups is 1. The molecule has 3 rings (SSSR count). The maximum absolute atomic E-state index is 13.2. The first-order valence-corrected chi connectivity index (χ1v) is 14.7. The number of halogens is 3. The molecule has 1 unspecified atom stereocenters. The van der Waals surface area contributed by atoms with Crippen LogP contribution in [0, 0.1) is 11.3 Å². The molecule has 7 heteroatoms. The molecule has 0 fully saturated rings. The average molecular weight is 665 g/mol. The zero-order chi connectivity index (χ0) is 25.5. The minimum atomic E-state index is -0.952. The van der Waals surface area contributed by atoms with E-state index in [4.69, 9.17) is 4.74 Å². The summed E-state index contributed by atoms with van der Waals surface area (Å²) in [5.41, 5.74) is 1.46. The second-order valence-corrected chi connectivity index (χ2v) is 15.4. The summed E-state index contributed by atoms with van der Waals surface area (Å²) >= 11 is 11.4. The minimum Gasteiger partial charge on any atom is -0.508 e. The lowest BCUT2D eigenvalue weighted by molar-refractivity contribution is 0.0000609. The number of cyclic esters (lactones) is 1. The Bertz CT molecular complexity index is 936. The Kier molecular flexibility index (Phi) is 8.75. The fourth-order valence-corrected chi connectivity index (χ4v) is 6.84. The predicted molar refractivity (Wildman–Crippen MR) is 149 cm³/mol. The molecule has 0 radical (unpaired) electrons. The van der Waals surface area contributed by atoms with E-state index in [-0.39, 0.29) is 26.7 Å². The minimum absolute atomic E-state index is 0.0789. The molecule has 2 bridgehead atoms. The maximum Gasteiger partial charge on any atom is 0.338 e. The molecule has 0 spiro atoms. The molecule has 0 aromatic heterocycles. The van der Waals surface area contributed by atoms with Gasteiger partial charge in [-0.2, -0.15) is 0 Å². The lowest BCUT2D eigenvalue weighted by Crippen LogP contribution is -2.43. The van der Waals surface area contributed by atoms with E-state index in [0.717, 1.165) is 24.8 Å². The van der Waals surface area contributed by atoms with Gasteiger partial charge in [-0.1, -0.05) is 66.4 Å². The smallest absolute Gasteiger partial charge is 0.338 e. The van der Waals surface area contributed by atoms with Gasteiger partial charge in [-0.3, -0.25) is 0 Å². The highest BCUT2D eigenvalue weighted by Crippen LogP contribution is 2.51. The molecule has 0 saturated carbocycles. The molecule has 6 atom stereocenters. The Morgan fingerprint density at radius 3 is 2.44 bits per heavy atom. The zero-order valence-corrected chi connectivity index (χ0v) is 25.5. The highest BCUT2D eigenvalue weighted by atomic mass is 79.9. The van der Waals surface area contributed by atoms with Crippen LogP contribution in [0.3, 0.4) is 0 Å². The molecule has 2 aliphatic rings. The Morgan fingerprint density at radius 2 is 1.79 bits per heavy atom. The van der Waals surface area contributed by atoms with Crippen LogP contribution in [0.2, 0.25) is 0 Å². The summed E-state index contributed by atoms with van der Waals surface area (Å²) in [6.07, 6.45) is 6.16. The Labute approximate surface area is 229 Å². The Hall–Kier alpha value is -0.370. The first-order valence-electron chi connectivity index (χ1n) is 12.0. The third-order valence-corrected chi connectivity index (χ3v) is 11.4. The van der Waals surface area contributed by atoms with Crippen molar-refractivity contribution < 1.29 is 19.7 Å². The van der Waals surface area contributed by atoms with Crippen molar-refractivity contribution in [2.75, 3.05) is 0 Å². The summed E-state index contributed by atoms with van der Waals surface area (Å²) in [5, 5.41) is 22.0. The van der Waals surface area contributed by atoms with Crippen molar-refractivity contribution in [1.29, 1.82) is 0 Å². The molecule has 1 heterocycles. The van der Waals surface area contributed by atoms with E-state index in [1.807, 2.05) is 20.8 Å². The molecular formula is C27H37Br3O4. The van der Waals surface area contributed by atoms with Gasteiger partial charge in [0.1, 0.15) is 11.9 Å². The largest absolute Gasteiger partial charge is 0.508 e. The lowest BCUT2D eigenvalue weighted by atomic mass is 9.62. The summed E-state index contributed by atoms with van der Waals surface area (Å²) in [6, 6.07) is 5.01. The number of carbonyl (C=O) groups is 1. The summed E-state index contributed by atoms with van der Waals surface area (Å²) in [4.78, 5) is 13.3. The van der Waals surface area contributed by atoms with Gasteiger partial charge in [0.25, 0.3) is 0 Å². The summed E-state index contributed by atoms with van der Waals surface area (Å²) in [7, 11) is 0. The van der Waals surface area contributed by atoms with Crippen LogP contribution in [-0.2, 0) is 11.2 Å². The van der Waals surface area contributed by atoms with E-state index < -0.39 is 22.0 Å². The standard InChI is InChI=1S/C27H37Br3O4/c1-16-6-9-21(28)26(4)12-10-22(29)27(5,33)13-11-23(25(2,3)30)34-24(32)17-7-8-20(31)18(14-17)15-19(16)26/h6-8,14,19,21-23,31,33H,9-13,15H2,1-5H3/t19-,21?,22-,23+,26+,27+/m1/s1. The average Bonchev–Trinajstić information content (AvgIpc) is 2.75. The van der Waals surface area contributed by atoms with Crippen molar-refractivity contribution in [1.82, 2.24) is 0 Å². The monoisotopic (exact) mass is 662 g/mol. The van der Waals surface area contributed by atoms with E-state index in [1.54, 1.807) is 18.2 Å². The number of allylic oxidation sites excluding steroid dienone is 2. The number of hydrogen-bond donors (Lipinski definition) is 2. The third kappa shape index (κ3) is 6.12. The molecule has 1 aliphatic heterocycles. The zero-order valence-electron chi connectivity index (χ0n) is 20.7. The van der Waals surface area contributed by atoms with Gasteiger partial charge in [-0.25, -0.2) is 4.79 Å². The number of fused-ring (bicyclic) bond motifs is 3. The van der Waals surface area contributed by atoms with Crippen LogP contribution in [-0.4, -0.2) is 41.9 Å². The maximum atomic E-state index is 13.2. The second kappa shape index (κ2) is 10.5. The number of aliphatic hydroxyl groups is 1. The van der Waals surface area contributed by atoms with Crippen molar-refractivity contribution in [3.8, 4) is 5.75 Å². The number of esters is 1. The first-order chi connectivity index (χ1) is 15.6. The van der Waals surface area contributed by atoms with Gasteiger partial charge in [-0.15, -0.1) is 0 Å². The van der Waals surface area contributed by atoms with Crippen molar-refractivity contribution in [3.05, 3.63) is 41.0 Å². The van der Waals surface area contributed by atoms with Crippen molar-refractivity contribution in [2.24, 2.45) is 11.3 Å². The van der Waals surface area contributed by atoms with E-state index in [1.165, 1.54) is 5.57 Å². The van der Waals surface area contributed by atoms with Crippen molar-refractivity contribution in [3.63, 3.8) is 0 Å². The van der Waals surface area contributed by atoms with Gasteiger partial charge in [0.15, 0.2) is 0 Å². The van der Waals surface area contributed by atoms with Crippen LogP contribution < -0.4 is 0 Å². The van der Waals surface area contributed by atoms with Crippen molar-refractivity contribution >= 4 is 53.8 Å². The molecule has 1 aromatic rings. The fourth-order valence-electron chi connectivity index (χ4n) is 5.33. The molecule has 1 aromatic carbocycles. The lowest BCUT2D eigenvalue weighted by Gasteiger charge is -2.46. The molecule has 0 amide bonds. The number of hydrogen-bond acceptors (Lipinski definition) is 4. The van der Waals surface area contributed by atoms with Gasteiger partial charge in [0.2, 0.25) is 0 Å². The number of rotatable bonds is 1. The van der Waals surface area contributed by atoms with Crippen LogP contribution >= 0.6 is 47.8 Å². The van der Waals surface area contributed by atoms with Gasteiger partial charge < -0.3 is 14.9 Å². The van der Waals surface area contributed by atoms with Crippen LogP contribution in [0.4, 0.5) is 0 Å². The van der Waals surface area contributed by atoms with Crippen LogP contribution in [0.25, 0.3) is 0 Å². The van der Waals surface area contributed by atoms with E-state index in [0.29, 0.717) is 24.8 Å². The summed E-state index contributed by atoms with van der Waals surface area (Å²) < 4.78 is 5.49. The molecule has 1 aliphatic carbocycles. The number of ether oxygens (including phenoxy) is 1. The summed E-state index contributed by atoms with van der Waals surface area (Å²) in [5.74, 6) is -0.0288.